The third-order valence-corrected chi connectivity index (χ3v) is 9.28. The van der Waals surface area contributed by atoms with E-state index in [1.54, 1.807) is 60.7 Å². The number of rotatable bonds is 3. The van der Waals surface area contributed by atoms with Crippen molar-refractivity contribution >= 4 is 49.3 Å². The second kappa shape index (κ2) is 11.0. The van der Waals surface area contributed by atoms with Crippen LogP contribution in [0.4, 0.5) is 32.0 Å². The first kappa shape index (κ1) is 31.3. The number of hydrogen-bond donors (Lipinski definition) is 0. The summed E-state index contributed by atoms with van der Waals surface area (Å²) in [4.78, 5) is 3.41. The average Bonchev–Trinajstić information content (AvgIpc) is 3.58. The lowest BCUT2D eigenvalue weighted by Crippen LogP contribution is -2.16. The van der Waals surface area contributed by atoms with Crippen LogP contribution in [0.15, 0.2) is 115 Å². The van der Waals surface area contributed by atoms with Gasteiger partial charge in [-0.05, 0) is 73.5 Å². The molecule has 2 heterocycles. The van der Waals surface area contributed by atoms with Crippen LogP contribution in [0, 0.1) is 20.4 Å². The maximum Gasteiger partial charge on any atom is 0.420 e. The van der Waals surface area contributed by atoms with E-state index in [2.05, 4.69) is 4.85 Å². The van der Waals surface area contributed by atoms with Crippen molar-refractivity contribution in [3.8, 4) is 22.5 Å². The van der Waals surface area contributed by atoms with Crippen molar-refractivity contribution < 1.29 is 26.3 Å². The Morgan fingerprint density at radius 1 is 0.520 bits per heavy atom. The van der Waals surface area contributed by atoms with Crippen molar-refractivity contribution in [2.75, 3.05) is 0 Å². The van der Waals surface area contributed by atoms with E-state index in [9.17, 15) is 13.2 Å². The molecule has 0 atom stereocenters. The molecule has 0 saturated carbocycles. The molecule has 0 saturated heterocycles. The molecule has 6 aromatic carbocycles. The minimum atomic E-state index is -4.97. The maximum atomic E-state index is 15.9. The fourth-order valence-electron chi connectivity index (χ4n) is 7.26. The zero-order valence-corrected chi connectivity index (χ0v) is 26.6. The van der Waals surface area contributed by atoms with Gasteiger partial charge in [0.25, 0.3) is 0 Å². The summed E-state index contributed by atoms with van der Waals surface area (Å²) in [6.07, 6.45) is -9.87. The SMILES string of the molecule is [C-]#[N+]c1cccc(C(F)(F)F)c1-c1cc(-n2c3ccccc3c3cc(C)ccc32)c(C(F)(F)F)c(-n2c3ccccc3c3cc(C)ccc32)c1. The molecule has 246 valence electrons. The molecule has 0 unspecified atom stereocenters. The van der Waals surface area contributed by atoms with Crippen molar-refractivity contribution in [3.63, 3.8) is 0 Å². The Bertz CT molecular complexity index is 2580. The third-order valence-electron chi connectivity index (χ3n) is 9.28. The van der Waals surface area contributed by atoms with Crippen LogP contribution in [0.5, 0.6) is 0 Å². The van der Waals surface area contributed by atoms with Crippen LogP contribution in [0.2, 0.25) is 0 Å². The van der Waals surface area contributed by atoms with Crippen LogP contribution >= 0.6 is 0 Å². The molecule has 0 aliphatic rings. The summed E-state index contributed by atoms with van der Waals surface area (Å²) in [5.41, 5.74) is -0.222. The zero-order chi connectivity index (χ0) is 35.1. The van der Waals surface area contributed by atoms with Gasteiger partial charge in [0.1, 0.15) is 5.56 Å². The number of fused-ring (bicyclic) bond motifs is 6. The molecule has 0 spiro atoms. The summed E-state index contributed by atoms with van der Waals surface area (Å²) in [6.45, 7) is 11.6. The van der Waals surface area contributed by atoms with E-state index in [0.29, 0.717) is 43.6 Å². The number of benzene rings is 6. The van der Waals surface area contributed by atoms with Crippen LogP contribution in [-0.4, -0.2) is 9.13 Å². The average molecular weight is 674 g/mol. The second-order valence-corrected chi connectivity index (χ2v) is 12.4. The fourth-order valence-corrected chi connectivity index (χ4v) is 7.26. The third kappa shape index (κ3) is 4.74. The monoisotopic (exact) mass is 673 g/mol. The van der Waals surface area contributed by atoms with E-state index >= 15 is 13.2 Å². The van der Waals surface area contributed by atoms with Crippen LogP contribution in [0.25, 0.3) is 71.0 Å². The minimum Gasteiger partial charge on any atom is -0.309 e. The number of halogens is 6. The summed E-state index contributed by atoms with van der Waals surface area (Å²) in [6, 6.07) is 30.4. The van der Waals surface area contributed by atoms with E-state index in [0.717, 1.165) is 35.4 Å². The number of para-hydroxylation sites is 2. The van der Waals surface area contributed by atoms with Crippen molar-refractivity contribution in [1.29, 1.82) is 0 Å². The van der Waals surface area contributed by atoms with Crippen LogP contribution in [0.3, 0.4) is 0 Å². The van der Waals surface area contributed by atoms with Gasteiger partial charge in [-0.3, -0.25) is 0 Å². The number of aromatic nitrogens is 2. The Hall–Kier alpha value is -6.01. The van der Waals surface area contributed by atoms with E-state index in [-0.39, 0.29) is 22.6 Å². The number of nitrogens with zero attached hydrogens (tertiary/aromatic N) is 3. The highest BCUT2D eigenvalue weighted by Gasteiger charge is 2.41. The quantitative estimate of drug-likeness (QED) is 0.131. The molecule has 3 nitrogen and oxygen atoms in total. The number of alkyl halides is 6. The predicted molar refractivity (Wildman–Crippen MR) is 186 cm³/mol. The molecule has 9 heteroatoms. The lowest BCUT2D eigenvalue weighted by Gasteiger charge is -2.24. The summed E-state index contributed by atoms with van der Waals surface area (Å²) in [5, 5.41) is 2.78. The lowest BCUT2D eigenvalue weighted by atomic mass is 9.94. The molecule has 0 fully saturated rings. The van der Waals surface area contributed by atoms with E-state index in [1.165, 1.54) is 15.2 Å². The van der Waals surface area contributed by atoms with E-state index < -0.39 is 29.0 Å². The Kier molecular flexibility index (Phi) is 6.88. The van der Waals surface area contributed by atoms with Crippen LogP contribution < -0.4 is 0 Å². The molecule has 0 amide bonds. The van der Waals surface area contributed by atoms with Gasteiger partial charge in [0.15, 0.2) is 5.69 Å². The zero-order valence-electron chi connectivity index (χ0n) is 26.6. The smallest absolute Gasteiger partial charge is 0.309 e. The highest BCUT2D eigenvalue weighted by atomic mass is 19.4. The number of hydrogen-bond acceptors (Lipinski definition) is 0. The molecular weight excluding hydrogens is 648 g/mol. The van der Waals surface area contributed by atoms with Crippen LogP contribution in [-0.2, 0) is 12.4 Å². The van der Waals surface area contributed by atoms with Crippen molar-refractivity contribution in [3.05, 3.63) is 149 Å². The fraction of sp³-hybridized carbons (Fsp3) is 0.0976. The van der Waals surface area contributed by atoms with E-state index in [4.69, 9.17) is 6.57 Å². The molecule has 0 aliphatic heterocycles. The van der Waals surface area contributed by atoms with Crippen molar-refractivity contribution in [1.82, 2.24) is 9.13 Å². The molecular formula is C41H25F6N3. The van der Waals surface area contributed by atoms with Gasteiger partial charge >= 0.3 is 12.4 Å². The maximum absolute atomic E-state index is 15.9. The van der Waals surface area contributed by atoms with Gasteiger partial charge in [0, 0.05) is 21.5 Å². The van der Waals surface area contributed by atoms with Gasteiger partial charge in [-0.1, -0.05) is 77.9 Å². The van der Waals surface area contributed by atoms with Gasteiger partial charge in [0.2, 0.25) is 0 Å². The summed E-state index contributed by atoms with van der Waals surface area (Å²) < 4.78 is 94.7. The Labute approximate surface area is 282 Å². The Morgan fingerprint density at radius 3 is 1.46 bits per heavy atom. The van der Waals surface area contributed by atoms with Gasteiger partial charge in [-0.2, -0.15) is 26.3 Å². The second-order valence-electron chi connectivity index (χ2n) is 12.4. The van der Waals surface area contributed by atoms with Gasteiger partial charge < -0.3 is 9.13 Å². The first-order valence-corrected chi connectivity index (χ1v) is 15.7. The largest absolute Gasteiger partial charge is 0.420 e. The number of aryl methyl sites for hydroxylation is 2. The summed E-state index contributed by atoms with van der Waals surface area (Å²) in [7, 11) is 0. The Balaban J connectivity index is 1.64. The summed E-state index contributed by atoms with van der Waals surface area (Å²) in [5.74, 6) is 0. The normalized spacial score (nSPS) is 12.4. The predicted octanol–water partition coefficient (Wildman–Crippen LogP) is 12.8. The van der Waals surface area contributed by atoms with E-state index in [1.807, 2.05) is 38.1 Å². The topological polar surface area (TPSA) is 14.2 Å². The first-order chi connectivity index (χ1) is 23.9. The van der Waals surface area contributed by atoms with Crippen molar-refractivity contribution in [2.45, 2.75) is 26.2 Å². The van der Waals surface area contributed by atoms with Gasteiger partial charge in [0.05, 0.1) is 45.6 Å². The van der Waals surface area contributed by atoms with Gasteiger partial charge in [-0.15, -0.1) is 0 Å². The summed E-state index contributed by atoms with van der Waals surface area (Å²) >= 11 is 0. The van der Waals surface area contributed by atoms with Crippen molar-refractivity contribution in [2.24, 2.45) is 0 Å². The molecule has 50 heavy (non-hydrogen) atoms. The molecule has 0 N–H and O–H groups in total. The lowest BCUT2D eigenvalue weighted by molar-refractivity contribution is -0.138. The highest BCUT2D eigenvalue weighted by Crippen LogP contribution is 2.49. The standard InChI is InChI=1S/C41H25F6N3/c1-23-15-17-34-28(19-23)26-9-4-6-13-32(26)49(34)36-21-25(38-30(40(42,43)44)11-8-12-31(38)48-3)22-37(39(36)41(45,46)47)50-33-14-7-5-10-27(33)29-20-24(2)16-18-35(29)50/h4-22H,1-2H3. The first-order valence-electron chi connectivity index (χ1n) is 15.7. The molecule has 8 rings (SSSR count). The highest BCUT2D eigenvalue weighted by molar-refractivity contribution is 6.11. The minimum absolute atomic E-state index is 0.169. The molecule has 0 radical (unpaired) electrons. The Morgan fingerprint density at radius 2 is 1.00 bits per heavy atom. The van der Waals surface area contributed by atoms with Gasteiger partial charge in [-0.25, -0.2) is 4.85 Å². The molecule has 8 aromatic rings. The molecule has 0 aliphatic carbocycles. The van der Waals surface area contributed by atoms with Crippen LogP contribution in [0.1, 0.15) is 22.3 Å². The molecule has 2 aromatic heterocycles. The molecule has 0 bridgehead atoms.